The summed E-state index contributed by atoms with van der Waals surface area (Å²) in [5.74, 6) is 2.09. The van der Waals surface area contributed by atoms with Gasteiger partial charge in [0.15, 0.2) is 17.5 Å². The molecule has 47 heavy (non-hydrogen) atoms. The Hall–Kier alpha value is -5.52. The van der Waals surface area contributed by atoms with Gasteiger partial charge in [0.25, 0.3) is 0 Å². The van der Waals surface area contributed by atoms with Crippen molar-refractivity contribution in [2.24, 2.45) is 0 Å². The first-order chi connectivity index (χ1) is 23.3. The number of nitrogens with zero attached hydrogens (tertiary/aromatic N) is 4. The topological polar surface area (TPSA) is 51.6 Å². The highest BCUT2D eigenvalue weighted by Gasteiger charge is 2.20. The standard InChI is InChI=1S/C42H30N4S/c1-2-10-28(11-3-1)40-44-41(46-42(45-40)39-26-30-13-5-9-17-38(30)47-39)33-23-31(27-18-20-43-21-19-27)22-32(24-33)37-25-29-12-4-6-14-34(29)35-15-7-8-16-36(35)37/h1-4,6-8,10-12,14-16,18-26H,5,9,13,17H2. The molecule has 9 rings (SSSR count). The average Bonchev–Trinajstić information content (AvgIpc) is 3.60. The number of aromatic nitrogens is 4. The van der Waals surface area contributed by atoms with Gasteiger partial charge in [-0.3, -0.25) is 4.98 Å². The number of rotatable bonds is 5. The van der Waals surface area contributed by atoms with Crippen LogP contribution in [0.15, 0.2) is 134 Å². The van der Waals surface area contributed by atoms with Crippen LogP contribution >= 0.6 is 11.3 Å². The van der Waals surface area contributed by atoms with Crippen molar-refractivity contribution in [3.8, 4) is 55.7 Å². The molecule has 1 aliphatic carbocycles. The second-order valence-electron chi connectivity index (χ2n) is 12.2. The molecule has 0 unspecified atom stereocenters. The van der Waals surface area contributed by atoms with Gasteiger partial charge in [0.2, 0.25) is 0 Å². The molecular formula is C42H30N4S. The van der Waals surface area contributed by atoms with Gasteiger partial charge in [0.05, 0.1) is 4.88 Å². The molecule has 0 spiro atoms. The number of aryl methyl sites for hydroxylation is 2. The summed E-state index contributed by atoms with van der Waals surface area (Å²) in [6.07, 6.45) is 8.46. The van der Waals surface area contributed by atoms with Gasteiger partial charge in [-0.25, -0.2) is 15.0 Å². The van der Waals surface area contributed by atoms with Gasteiger partial charge in [-0.2, -0.15) is 0 Å². The van der Waals surface area contributed by atoms with E-state index in [1.165, 1.54) is 50.4 Å². The zero-order chi connectivity index (χ0) is 31.2. The highest BCUT2D eigenvalue weighted by Crippen LogP contribution is 2.40. The molecule has 1 aliphatic rings. The SMILES string of the molecule is c1ccc(-c2nc(-c3cc(-c4ccncc4)cc(-c4cc5ccccc5c5ccccc45)c3)nc(-c3cc4c(s3)CCCC4)n2)cc1. The predicted octanol–water partition coefficient (Wildman–Crippen LogP) is 10.8. The zero-order valence-electron chi connectivity index (χ0n) is 25.7. The summed E-state index contributed by atoms with van der Waals surface area (Å²) in [6, 6.07) is 43.1. The highest BCUT2D eigenvalue weighted by atomic mass is 32.1. The molecule has 0 N–H and O–H groups in total. The quantitative estimate of drug-likeness (QED) is 0.179. The van der Waals surface area contributed by atoms with E-state index >= 15 is 0 Å². The molecule has 0 atom stereocenters. The fourth-order valence-corrected chi connectivity index (χ4v) is 8.04. The maximum Gasteiger partial charge on any atom is 0.174 e. The Morgan fingerprint density at radius 3 is 1.96 bits per heavy atom. The Morgan fingerprint density at radius 2 is 1.13 bits per heavy atom. The third-order valence-corrected chi connectivity index (χ3v) is 10.4. The Balaban J connectivity index is 1.29. The largest absolute Gasteiger partial charge is 0.265 e. The highest BCUT2D eigenvalue weighted by molar-refractivity contribution is 7.15. The van der Waals surface area contributed by atoms with Crippen molar-refractivity contribution in [3.63, 3.8) is 0 Å². The Kier molecular flexibility index (Phi) is 6.90. The van der Waals surface area contributed by atoms with Crippen LogP contribution in [-0.2, 0) is 12.8 Å². The van der Waals surface area contributed by atoms with Gasteiger partial charge in [0.1, 0.15) is 0 Å². The number of pyridine rings is 1. The fourth-order valence-electron chi connectivity index (χ4n) is 6.85. The molecule has 0 bridgehead atoms. The van der Waals surface area contributed by atoms with E-state index in [4.69, 9.17) is 15.0 Å². The van der Waals surface area contributed by atoms with E-state index in [1.807, 2.05) is 41.9 Å². The van der Waals surface area contributed by atoms with Crippen molar-refractivity contribution >= 4 is 32.9 Å². The minimum absolute atomic E-state index is 0.669. The number of hydrogen-bond donors (Lipinski definition) is 0. The van der Waals surface area contributed by atoms with E-state index in [9.17, 15) is 0 Å². The van der Waals surface area contributed by atoms with E-state index in [2.05, 4.69) is 108 Å². The molecule has 4 nitrogen and oxygen atoms in total. The predicted molar refractivity (Wildman–Crippen MR) is 194 cm³/mol. The van der Waals surface area contributed by atoms with Crippen LogP contribution in [0.4, 0.5) is 0 Å². The molecule has 0 radical (unpaired) electrons. The molecule has 224 valence electrons. The van der Waals surface area contributed by atoms with Gasteiger partial charge in [0, 0.05) is 28.4 Å². The molecular weight excluding hydrogens is 593 g/mol. The van der Waals surface area contributed by atoms with Crippen LogP contribution in [0, 0.1) is 0 Å². The van der Waals surface area contributed by atoms with Gasteiger partial charge in [-0.05, 0) is 118 Å². The first kappa shape index (κ1) is 27.8. The van der Waals surface area contributed by atoms with Crippen molar-refractivity contribution < 1.29 is 0 Å². The van der Waals surface area contributed by atoms with Crippen molar-refractivity contribution in [2.45, 2.75) is 25.7 Å². The van der Waals surface area contributed by atoms with Crippen LogP contribution in [0.3, 0.4) is 0 Å². The maximum atomic E-state index is 5.20. The van der Waals surface area contributed by atoms with Crippen molar-refractivity contribution in [3.05, 3.63) is 144 Å². The lowest BCUT2D eigenvalue weighted by atomic mass is 9.90. The lowest BCUT2D eigenvalue weighted by Crippen LogP contribution is -2.00. The molecule has 0 saturated carbocycles. The summed E-state index contributed by atoms with van der Waals surface area (Å²) in [7, 11) is 0. The van der Waals surface area contributed by atoms with E-state index in [1.54, 1.807) is 0 Å². The van der Waals surface area contributed by atoms with Crippen molar-refractivity contribution in [1.82, 2.24) is 19.9 Å². The Bertz CT molecular complexity index is 2390. The molecule has 0 amide bonds. The monoisotopic (exact) mass is 622 g/mol. The summed E-state index contributed by atoms with van der Waals surface area (Å²) in [5, 5.41) is 4.93. The molecule has 3 aromatic heterocycles. The Labute approximate surface area is 277 Å². The van der Waals surface area contributed by atoms with Gasteiger partial charge in [-0.1, -0.05) is 78.9 Å². The van der Waals surface area contributed by atoms with Crippen LogP contribution < -0.4 is 0 Å². The van der Waals surface area contributed by atoms with Crippen LogP contribution in [0.25, 0.3) is 77.3 Å². The molecule has 0 aliphatic heterocycles. The van der Waals surface area contributed by atoms with Crippen LogP contribution in [0.5, 0.6) is 0 Å². The van der Waals surface area contributed by atoms with Gasteiger partial charge < -0.3 is 0 Å². The number of benzene rings is 5. The molecule has 5 aromatic carbocycles. The molecule has 8 aromatic rings. The molecule has 3 heterocycles. The van der Waals surface area contributed by atoms with E-state index in [-0.39, 0.29) is 0 Å². The maximum absolute atomic E-state index is 5.20. The second-order valence-corrected chi connectivity index (χ2v) is 13.3. The minimum atomic E-state index is 0.669. The molecule has 0 fully saturated rings. The van der Waals surface area contributed by atoms with Crippen LogP contribution in [-0.4, -0.2) is 19.9 Å². The molecule has 0 saturated heterocycles. The third-order valence-electron chi connectivity index (χ3n) is 9.17. The summed E-state index contributed by atoms with van der Waals surface area (Å²) in [6.45, 7) is 0. The summed E-state index contributed by atoms with van der Waals surface area (Å²) < 4.78 is 0. The first-order valence-electron chi connectivity index (χ1n) is 16.2. The minimum Gasteiger partial charge on any atom is -0.265 e. The van der Waals surface area contributed by atoms with E-state index in [0.29, 0.717) is 11.6 Å². The lowest BCUT2D eigenvalue weighted by Gasteiger charge is -2.15. The summed E-state index contributed by atoms with van der Waals surface area (Å²) >= 11 is 1.84. The fraction of sp³-hybridized carbons (Fsp3) is 0.0952. The zero-order valence-corrected chi connectivity index (χ0v) is 26.5. The second kappa shape index (κ2) is 11.7. The van der Waals surface area contributed by atoms with Crippen molar-refractivity contribution in [1.29, 1.82) is 0 Å². The van der Waals surface area contributed by atoms with E-state index in [0.717, 1.165) is 51.4 Å². The summed E-state index contributed by atoms with van der Waals surface area (Å²) in [5.41, 5.74) is 7.86. The number of thiophene rings is 1. The van der Waals surface area contributed by atoms with Gasteiger partial charge in [-0.15, -0.1) is 11.3 Å². The average molecular weight is 623 g/mol. The number of fused-ring (bicyclic) bond motifs is 4. The smallest absolute Gasteiger partial charge is 0.174 e. The van der Waals surface area contributed by atoms with Crippen molar-refractivity contribution in [2.75, 3.05) is 0 Å². The molecule has 5 heteroatoms. The van der Waals surface area contributed by atoms with Gasteiger partial charge >= 0.3 is 0 Å². The van der Waals surface area contributed by atoms with Crippen LogP contribution in [0.2, 0.25) is 0 Å². The number of hydrogen-bond acceptors (Lipinski definition) is 5. The third kappa shape index (κ3) is 5.19. The Morgan fingerprint density at radius 1 is 0.468 bits per heavy atom. The van der Waals surface area contributed by atoms with Crippen LogP contribution in [0.1, 0.15) is 23.3 Å². The lowest BCUT2D eigenvalue weighted by molar-refractivity contribution is 0.697. The van der Waals surface area contributed by atoms with E-state index < -0.39 is 0 Å². The normalized spacial score (nSPS) is 12.8. The summed E-state index contributed by atoms with van der Waals surface area (Å²) in [4.78, 5) is 22.3. The first-order valence-corrected chi connectivity index (χ1v) is 17.0.